The van der Waals surface area contributed by atoms with Crippen molar-refractivity contribution in [1.29, 1.82) is 0 Å². The van der Waals surface area contributed by atoms with E-state index in [2.05, 4.69) is 4.84 Å². The number of amides is 2. The summed E-state index contributed by atoms with van der Waals surface area (Å²) in [6, 6.07) is 3.50. The van der Waals surface area contributed by atoms with Crippen molar-refractivity contribution in [2.24, 2.45) is 0 Å². The Morgan fingerprint density at radius 3 is 2.11 bits per heavy atom. The first kappa shape index (κ1) is 22.7. The van der Waals surface area contributed by atoms with E-state index >= 15 is 0 Å². The number of hydroxylamine groups is 1. The molecule has 27 heavy (non-hydrogen) atoms. The van der Waals surface area contributed by atoms with E-state index in [0.29, 0.717) is 0 Å². The number of halogens is 1. The molecule has 0 aromatic heterocycles. The number of sulfonamides is 1. The summed E-state index contributed by atoms with van der Waals surface area (Å²) in [6.07, 6.45) is -1.43. The van der Waals surface area contributed by atoms with Gasteiger partial charge in [0.2, 0.25) is 0 Å². The topological polar surface area (TPSA) is 110 Å². The van der Waals surface area contributed by atoms with Crippen LogP contribution in [0.2, 0.25) is 5.02 Å². The number of hydrogen-bond donors (Lipinski definition) is 0. The monoisotopic (exact) mass is 420 g/mol. The Labute approximate surface area is 162 Å². The molecule has 0 unspecified atom stereocenters. The van der Waals surface area contributed by atoms with E-state index in [1.165, 1.54) is 51.9 Å². The van der Waals surface area contributed by atoms with Crippen LogP contribution in [0.3, 0.4) is 0 Å². The van der Waals surface area contributed by atoms with Crippen LogP contribution in [-0.2, 0) is 24.4 Å². The van der Waals surface area contributed by atoms with Gasteiger partial charge in [-0.25, -0.2) is 9.59 Å². The van der Waals surface area contributed by atoms with Crippen molar-refractivity contribution >= 4 is 39.6 Å². The maximum Gasteiger partial charge on any atom is 0.459 e. The molecule has 0 radical (unpaired) electrons. The largest absolute Gasteiger partial charge is 0.459 e. The molecule has 0 heterocycles. The summed E-state index contributed by atoms with van der Waals surface area (Å²) in [5.74, 6) is -1.56. The van der Waals surface area contributed by atoms with Gasteiger partial charge in [0.05, 0.1) is 5.02 Å². The average Bonchev–Trinajstić information content (AvgIpc) is 2.50. The third-order valence-corrected chi connectivity index (χ3v) is 4.83. The normalized spacial score (nSPS) is 11.5. The van der Waals surface area contributed by atoms with E-state index in [9.17, 15) is 22.8 Å². The average molecular weight is 421 g/mol. The lowest BCUT2D eigenvalue weighted by Gasteiger charge is -2.25. The van der Waals surface area contributed by atoms with Crippen LogP contribution in [-0.4, -0.2) is 55.5 Å². The second-order valence-corrected chi connectivity index (χ2v) is 8.77. The lowest BCUT2D eigenvalue weighted by molar-refractivity contribution is -0.164. The molecule has 1 aromatic rings. The Morgan fingerprint density at radius 1 is 1.11 bits per heavy atom. The number of hydrogen-bond acceptors (Lipinski definition) is 7. The molecule has 0 atom stereocenters. The summed E-state index contributed by atoms with van der Waals surface area (Å²) < 4.78 is 30.6. The lowest BCUT2D eigenvalue weighted by atomic mass is 10.2. The van der Waals surface area contributed by atoms with Crippen LogP contribution in [0.1, 0.15) is 38.1 Å². The SMILES string of the molecule is CC(=O)ON(C(=O)OC(C)(C)C)S(=O)(=O)c1cc(C(=O)N(C)C)ccc1Cl. The summed E-state index contributed by atoms with van der Waals surface area (Å²) in [5, 5.41) is -0.272. The highest BCUT2D eigenvalue weighted by Gasteiger charge is 2.38. The predicted octanol–water partition coefficient (Wildman–Crippen LogP) is 2.45. The van der Waals surface area contributed by atoms with Crippen molar-refractivity contribution < 1.29 is 32.4 Å². The first-order valence-corrected chi connectivity index (χ1v) is 9.46. The van der Waals surface area contributed by atoms with Crippen LogP contribution < -0.4 is 0 Å². The van der Waals surface area contributed by atoms with Gasteiger partial charge < -0.3 is 14.5 Å². The summed E-state index contributed by atoms with van der Waals surface area (Å²) >= 11 is 5.96. The van der Waals surface area contributed by atoms with Crippen molar-refractivity contribution in [1.82, 2.24) is 9.37 Å². The number of ether oxygens (including phenoxy) is 1. The van der Waals surface area contributed by atoms with Gasteiger partial charge in [0, 0.05) is 26.6 Å². The molecule has 1 aromatic carbocycles. The van der Waals surface area contributed by atoms with Crippen LogP contribution >= 0.6 is 11.6 Å². The molecule has 0 aliphatic rings. The molecular formula is C16H21ClN2O7S. The zero-order chi connectivity index (χ0) is 21.2. The molecule has 0 aliphatic carbocycles. The third kappa shape index (κ3) is 5.83. The number of carbonyl (C=O) groups excluding carboxylic acids is 3. The number of benzene rings is 1. The molecule has 0 aliphatic heterocycles. The van der Waals surface area contributed by atoms with Gasteiger partial charge in [-0.05, 0) is 43.4 Å². The van der Waals surface area contributed by atoms with Gasteiger partial charge in [0.1, 0.15) is 10.5 Å². The molecular weight excluding hydrogens is 400 g/mol. The fourth-order valence-electron chi connectivity index (χ4n) is 1.78. The Balaban J connectivity index is 3.50. The number of nitrogens with zero attached hydrogens (tertiary/aromatic N) is 2. The molecule has 9 nitrogen and oxygen atoms in total. The van der Waals surface area contributed by atoms with Gasteiger partial charge in [-0.3, -0.25) is 4.79 Å². The van der Waals surface area contributed by atoms with Crippen LogP contribution in [0.4, 0.5) is 4.79 Å². The van der Waals surface area contributed by atoms with E-state index in [1.807, 2.05) is 0 Å². The Morgan fingerprint density at radius 2 is 1.67 bits per heavy atom. The van der Waals surface area contributed by atoms with Crippen LogP contribution in [0.15, 0.2) is 23.1 Å². The Kier molecular flexibility index (Phi) is 6.84. The Hall–Kier alpha value is -2.33. The Bertz CT molecular complexity index is 860. The summed E-state index contributed by atoms with van der Waals surface area (Å²) in [4.78, 5) is 40.9. The fraction of sp³-hybridized carbons (Fsp3) is 0.438. The first-order valence-electron chi connectivity index (χ1n) is 7.65. The van der Waals surface area contributed by atoms with Crippen molar-refractivity contribution in [3.8, 4) is 0 Å². The minimum Gasteiger partial charge on any atom is -0.441 e. The van der Waals surface area contributed by atoms with Crippen molar-refractivity contribution in [3.05, 3.63) is 28.8 Å². The first-order chi connectivity index (χ1) is 12.2. The van der Waals surface area contributed by atoms with Gasteiger partial charge in [-0.2, -0.15) is 8.42 Å². The zero-order valence-corrected chi connectivity index (χ0v) is 17.3. The predicted molar refractivity (Wildman–Crippen MR) is 96.5 cm³/mol. The van der Waals surface area contributed by atoms with Crippen molar-refractivity contribution in [2.75, 3.05) is 14.1 Å². The van der Waals surface area contributed by atoms with Gasteiger partial charge in [0.25, 0.3) is 5.91 Å². The van der Waals surface area contributed by atoms with Gasteiger partial charge >= 0.3 is 22.1 Å². The summed E-state index contributed by atoms with van der Waals surface area (Å²) in [7, 11) is -1.80. The zero-order valence-electron chi connectivity index (χ0n) is 15.8. The fourth-order valence-corrected chi connectivity index (χ4v) is 3.40. The second-order valence-electron chi connectivity index (χ2n) is 6.64. The van der Waals surface area contributed by atoms with Crippen molar-refractivity contribution in [2.45, 2.75) is 38.2 Å². The number of rotatable bonds is 3. The van der Waals surface area contributed by atoms with E-state index < -0.39 is 38.5 Å². The molecule has 0 N–H and O–H groups in total. The van der Waals surface area contributed by atoms with E-state index in [4.69, 9.17) is 16.3 Å². The van der Waals surface area contributed by atoms with E-state index in [0.717, 1.165) is 13.0 Å². The quantitative estimate of drug-likeness (QED) is 0.690. The molecule has 150 valence electrons. The van der Waals surface area contributed by atoms with Crippen LogP contribution in [0.25, 0.3) is 0 Å². The van der Waals surface area contributed by atoms with E-state index in [1.54, 1.807) is 0 Å². The van der Waals surface area contributed by atoms with Crippen molar-refractivity contribution in [3.63, 3.8) is 0 Å². The highest BCUT2D eigenvalue weighted by Crippen LogP contribution is 2.28. The smallest absolute Gasteiger partial charge is 0.441 e. The van der Waals surface area contributed by atoms with Gasteiger partial charge in [-0.1, -0.05) is 11.6 Å². The summed E-state index contributed by atoms with van der Waals surface area (Å²) in [5.41, 5.74) is -1.05. The highest BCUT2D eigenvalue weighted by molar-refractivity contribution is 7.89. The maximum absolute atomic E-state index is 12.9. The summed E-state index contributed by atoms with van der Waals surface area (Å²) in [6.45, 7) is 5.44. The van der Waals surface area contributed by atoms with Crippen LogP contribution in [0, 0.1) is 0 Å². The third-order valence-electron chi connectivity index (χ3n) is 2.83. The maximum atomic E-state index is 12.9. The molecule has 0 saturated carbocycles. The lowest BCUT2D eigenvalue weighted by Crippen LogP contribution is -2.42. The molecule has 2 amide bonds. The molecule has 1 rings (SSSR count). The van der Waals surface area contributed by atoms with Gasteiger partial charge in [-0.15, -0.1) is 0 Å². The highest BCUT2D eigenvalue weighted by atomic mass is 35.5. The molecule has 11 heteroatoms. The van der Waals surface area contributed by atoms with E-state index in [-0.39, 0.29) is 15.1 Å². The molecule has 0 fully saturated rings. The molecule has 0 saturated heterocycles. The van der Waals surface area contributed by atoms with Crippen LogP contribution in [0.5, 0.6) is 0 Å². The molecule has 0 bridgehead atoms. The minimum atomic E-state index is -4.77. The second kappa shape index (κ2) is 8.13. The standard InChI is InChI=1S/C16H21ClN2O7S/c1-10(20)26-19(15(22)25-16(2,3)4)27(23,24)13-9-11(7-8-12(13)17)14(21)18(5)6/h7-9H,1-6H3. The minimum absolute atomic E-state index is 0.00920. The van der Waals surface area contributed by atoms with Gasteiger partial charge in [0.15, 0.2) is 0 Å². The molecule has 0 spiro atoms. The number of carbonyl (C=O) groups is 3.